The van der Waals surface area contributed by atoms with Crippen LogP contribution < -0.4 is 31.9 Å². The summed E-state index contributed by atoms with van der Waals surface area (Å²) in [5, 5.41) is 80.5. The van der Waals surface area contributed by atoms with Crippen LogP contribution >= 0.6 is 0 Å². The van der Waals surface area contributed by atoms with Crippen LogP contribution in [0.1, 0.15) is 343 Å². The number of anilines is 6. The van der Waals surface area contributed by atoms with Crippen LogP contribution in [0.3, 0.4) is 0 Å². The first-order valence-electron chi connectivity index (χ1n) is 50.5. The van der Waals surface area contributed by atoms with Crippen LogP contribution in [0.2, 0.25) is 0 Å². The molecule has 1 unspecified atom stereocenters. The van der Waals surface area contributed by atoms with Gasteiger partial charge >= 0.3 is 35.8 Å². The number of carboxylic acid groups (broad SMARTS) is 6. The monoisotopic (exact) mass is 1850 g/mol. The van der Waals surface area contributed by atoms with Gasteiger partial charge in [-0.25, -0.2) is 0 Å². The third kappa shape index (κ3) is 47.9. The smallest absolute Gasteiger partial charge is 0.303 e. The van der Waals surface area contributed by atoms with Gasteiger partial charge in [0.1, 0.15) is 0 Å². The Kier molecular flexibility index (Phi) is 52.2. The summed E-state index contributed by atoms with van der Waals surface area (Å²) in [5.74, 6) is -0.872. The maximum Gasteiger partial charge on any atom is 0.303 e. The molecule has 6 aromatic carbocycles. The molecule has 12 rings (SSSR count). The van der Waals surface area contributed by atoms with Gasteiger partial charge in [0, 0.05) is 110 Å². The van der Waals surface area contributed by atoms with Gasteiger partial charge < -0.3 is 67.6 Å². The average Bonchev–Trinajstić information content (AvgIpc) is 0.865. The van der Waals surface area contributed by atoms with Gasteiger partial charge in [-0.3, -0.25) is 52.7 Å². The maximum atomic E-state index is 12.6. The largest absolute Gasteiger partial charge is 0.481 e. The molecular weight excluding hydrogens is 1690 g/mol. The van der Waals surface area contributed by atoms with Gasteiger partial charge in [0.2, 0.25) is 29.5 Å². The molecule has 5 amide bonds. The van der Waals surface area contributed by atoms with Gasteiger partial charge in [-0.2, -0.15) is 0 Å². The maximum absolute atomic E-state index is 12.6. The van der Waals surface area contributed by atoms with Crippen molar-refractivity contribution in [3.63, 3.8) is 0 Å². The van der Waals surface area contributed by atoms with Crippen molar-refractivity contribution in [2.45, 2.75) is 353 Å². The van der Waals surface area contributed by atoms with Gasteiger partial charge in [0.05, 0.1) is 5.60 Å². The van der Waals surface area contributed by atoms with E-state index in [4.69, 9.17) is 30.6 Å². The fourth-order valence-corrected chi connectivity index (χ4v) is 18.9. The Morgan fingerprint density at radius 3 is 0.948 bits per heavy atom. The summed E-state index contributed by atoms with van der Waals surface area (Å²) < 4.78 is 0. The van der Waals surface area contributed by atoms with E-state index in [1.807, 2.05) is 146 Å². The summed E-state index contributed by atoms with van der Waals surface area (Å²) in [6.45, 7) is 4.95. The van der Waals surface area contributed by atoms with E-state index < -0.39 is 41.4 Å². The average molecular weight is 1850 g/mol. The summed E-state index contributed by atoms with van der Waals surface area (Å²) in [5.41, 5.74) is 11.2. The van der Waals surface area contributed by atoms with Crippen LogP contribution in [0.25, 0.3) is 0 Å². The van der Waals surface area contributed by atoms with E-state index in [1.165, 1.54) is 116 Å². The van der Waals surface area contributed by atoms with Crippen molar-refractivity contribution in [3.8, 4) is 0 Å². The van der Waals surface area contributed by atoms with E-state index in [9.17, 15) is 57.8 Å². The van der Waals surface area contributed by atoms with Crippen LogP contribution in [0.5, 0.6) is 0 Å². The zero-order valence-electron chi connectivity index (χ0n) is 80.0. The van der Waals surface area contributed by atoms with E-state index in [0.29, 0.717) is 69.7 Å². The summed E-state index contributed by atoms with van der Waals surface area (Å²) >= 11 is 0. The molecule has 0 radical (unpaired) electrons. The number of hydrogen-bond acceptors (Lipinski definition) is 13. The van der Waals surface area contributed by atoms with Crippen LogP contribution in [-0.4, -0.2) is 113 Å². The minimum atomic E-state index is -0.759. The molecule has 1 atom stereocenters. The van der Waals surface area contributed by atoms with Gasteiger partial charge in [-0.1, -0.05) is 196 Å². The first-order valence-corrected chi connectivity index (χ1v) is 50.5. The highest BCUT2D eigenvalue weighted by atomic mass is 16.4. The number of nitrogens with one attached hydrogen (secondary N) is 6. The van der Waals surface area contributed by atoms with E-state index in [2.05, 4.69) is 45.7 Å². The highest BCUT2D eigenvalue weighted by Gasteiger charge is 2.31. The number of rotatable bonds is 43. The number of aliphatic carboxylic acids is 6. The summed E-state index contributed by atoms with van der Waals surface area (Å²) in [4.78, 5) is 124. The lowest BCUT2D eigenvalue weighted by molar-refractivity contribution is -0.138. The van der Waals surface area contributed by atoms with E-state index >= 15 is 0 Å². The zero-order chi connectivity index (χ0) is 96.5. The molecular formula is C110H156N6O18. The molecule has 6 saturated carbocycles. The molecule has 6 aliphatic rings. The predicted molar refractivity (Wildman–Crippen MR) is 531 cm³/mol. The Morgan fingerprint density at radius 1 is 0.313 bits per heavy atom. The molecule has 6 aliphatic carbocycles. The van der Waals surface area contributed by atoms with E-state index in [1.54, 1.807) is 0 Å². The fraction of sp³-hybridized carbons (Fsp3) is 0.573. The lowest BCUT2D eigenvalue weighted by atomic mass is 9.78. The van der Waals surface area contributed by atoms with Gasteiger partial charge in [-0.05, 0) is 303 Å². The topological polar surface area (TPSA) is 402 Å². The number of aliphatic hydroxyl groups is 1. The molecule has 734 valence electrons. The molecule has 0 spiro atoms. The van der Waals surface area contributed by atoms with Crippen LogP contribution in [0.4, 0.5) is 34.1 Å². The van der Waals surface area contributed by atoms with Gasteiger partial charge in [-0.15, -0.1) is 0 Å². The van der Waals surface area contributed by atoms with Crippen molar-refractivity contribution in [1.29, 1.82) is 0 Å². The molecule has 6 aromatic rings. The molecule has 0 saturated heterocycles. The Bertz CT molecular complexity index is 4430. The van der Waals surface area contributed by atoms with Crippen molar-refractivity contribution < 1.29 is 88.5 Å². The summed E-state index contributed by atoms with van der Waals surface area (Å²) in [6.07, 6.45) is 48.0. The van der Waals surface area contributed by atoms with Crippen molar-refractivity contribution in [3.05, 3.63) is 179 Å². The highest BCUT2D eigenvalue weighted by molar-refractivity contribution is 5.95. The fourth-order valence-electron chi connectivity index (χ4n) is 18.9. The number of carboxylic acids is 6. The lowest BCUT2D eigenvalue weighted by Gasteiger charge is -2.32. The molecule has 6 fully saturated rings. The number of carbonyl (C=O) groups is 11. The quantitative estimate of drug-likeness (QED) is 0.0169. The molecule has 0 aromatic heterocycles. The minimum absolute atomic E-state index is 0.0874. The molecule has 24 heteroatoms. The third-order valence-corrected chi connectivity index (χ3v) is 26.9. The van der Waals surface area contributed by atoms with Crippen molar-refractivity contribution >= 4 is 99.5 Å². The highest BCUT2D eigenvalue weighted by Crippen LogP contribution is 2.36. The first kappa shape index (κ1) is 110. The molecule has 0 aliphatic heterocycles. The van der Waals surface area contributed by atoms with Crippen LogP contribution in [0, 0.1) is 41.4 Å². The lowest BCUT2D eigenvalue weighted by Crippen LogP contribution is -2.38. The van der Waals surface area contributed by atoms with E-state index in [0.717, 1.165) is 208 Å². The predicted octanol–water partition coefficient (Wildman–Crippen LogP) is 24.1. The number of hydrogen-bond donors (Lipinski definition) is 13. The second-order valence-corrected chi connectivity index (χ2v) is 38.2. The number of aryl methyl sites for hydroxylation is 6. The minimum Gasteiger partial charge on any atom is -0.481 e. The standard InChI is InChI=1S/2C20H29NO3.2C18H25NO3.C17H25NO3.C17H23NO3/c1-2-18(16-8-4-3-5-9-16)20(24)21-17-13-11-15(12-14-17)7-6-10-19(22)23;22-19(10-4-8-16-6-2-1-3-7-16)21-18-14-12-17(13-15-18)9-5-11-20(23)24;1-13-5-9-15(10-6-13)18(22)19-16-11-7-14(8-12-16)3-2-4-17(20)21;20-17(13-15-5-2-1-3-6-15)19-16-11-9-14(10-12-16)7-4-8-18(21)22;19-16(20)6-4-5-14-7-9-15(10-8-14)18-13-17(21)11-2-1-3-12-17;19-16(20)8-4-5-13-9-11-15(12-10-13)18-17(21)14-6-2-1-3-7-14/h11-14,16,18H,2-10H2,1H3,(H,21,24)(H,22,23);12-16H,1-11H2,(H,21,22)(H,23,24);7-8,11-13,15H,2-6,9-10H2,1H3,(H,19,22)(H,20,21);9-12,15H,1-8,13H2,(H,19,20)(H,21,22);7-10,18,21H,1-6,11-13H2,(H,19,20);9-12,14H,1-8H2,(H,18,21)(H,19,20). The number of amides is 5. The Hall–Kier alpha value is -10.8. The molecule has 13 N–H and O–H groups in total. The summed E-state index contributed by atoms with van der Waals surface area (Å²) in [6, 6.07) is 46.7. The van der Waals surface area contributed by atoms with Gasteiger partial charge in [0.15, 0.2) is 0 Å². The second-order valence-electron chi connectivity index (χ2n) is 38.2. The first-order chi connectivity index (χ1) is 64.6. The van der Waals surface area contributed by atoms with Crippen LogP contribution in [-0.2, 0) is 91.3 Å². The molecule has 24 nitrogen and oxygen atoms in total. The Balaban J connectivity index is 0.000000220. The molecule has 0 bridgehead atoms. The van der Waals surface area contributed by atoms with Crippen molar-refractivity contribution in [2.75, 3.05) is 38.4 Å². The van der Waals surface area contributed by atoms with Crippen molar-refractivity contribution in [1.82, 2.24) is 0 Å². The Morgan fingerprint density at radius 2 is 0.604 bits per heavy atom. The van der Waals surface area contributed by atoms with E-state index in [-0.39, 0.29) is 85.8 Å². The number of benzene rings is 6. The second kappa shape index (κ2) is 63.5. The normalized spacial score (nSPS) is 16.9. The van der Waals surface area contributed by atoms with Gasteiger partial charge in [0.25, 0.3) is 0 Å². The SMILES string of the molecule is CC1CCC(C(=O)Nc2ccc(CCCC(=O)O)cc2)CC1.CCC(C(=O)Nc1ccc(CCCC(=O)O)cc1)C1CCCCC1.O=C(O)CCCc1ccc(NC(=O)C2CCCCC2)cc1.O=C(O)CCCc1ccc(NC(=O)CC2CCCCC2)cc1.O=C(O)CCCc1ccc(NC(=O)CCCC2CCCCC2)cc1.O=C(O)CCCc1ccc(NCC2(O)CCCCC2)cc1. The Labute approximate surface area is 795 Å². The number of carbonyl (C=O) groups excluding carboxylic acids is 5. The van der Waals surface area contributed by atoms with Crippen LogP contribution in [0.15, 0.2) is 146 Å². The van der Waals surface area contributed by atoms with Crippen molar-refractivity contribution in [2.24, 2.45) is 41.4 Å². The molecule has 134 heavy (non-hydrogen) atoms. The zero-order valence-corrected chi connectivity index (χ0v) is 80.0. The summed E-state index contributed by atoms with van der Waals surface area (Å²) in [7, 11) is 0. The molecule has 0 heterocycles. The third-order valence-electron chi connectivity index (χ3n) is 26.9.